The van der Waals surface area contributed by atoms with Gasteiger partial charge in [0.15, 0.2) is 35.1 Å². The highest BCUT2D eigenvalue weighted by Gasteiger charge is 2.51. The summed E-state index contributed by atoms with van der Waals surface area (Å²) in [4.78, 5) is 133. The Morgan fingerprint density at radius 3 is 1.85 bits per heavy atom. The zero-order chi connectivity index (χ0) is 78.7. The Morgan fingerprint density at radius 2 is 1.16 bits per heavy atom. The van der Waals surface area contributed by atoms with Crippen LogP contribution in [-0.4, -0.2) is 154 Å². The number of hydrogen-bond donors (Lipinski definition) is 18. The van der Waals surface area contributed by atoms with E-state index in [-0.39, 0.29) is 46.8 Å². The molecule has 7 heterocycles. The Hall–Kier alpha value is -11.7. The van der Waals surface area contributed by atoms with Gasteiger partial charge in [-0.1, -0.05) is 105 Å². The lowest BCUT2D eigenvalue weighted by molar-refractivity contribution is -0.241. The molecule has 7 aromatic carbocycles. The van der Waals surface area contributed by atoms with Crippen molar-refractivity contribution in [3.05, 3.63) is 164 Å². The number of unbranched alkanes of at least 4 members (excludes halogenated alkanes) is 7. The van der Waals surface area contributed by atoms with Crippen LogP contribution in [0.4, 0.5) is 0 Å². The molecule has 0 aromatic heterocycles. The second-order valence-corrected chi connectivity index (χ2v) is 27.8. The van der Waals surface area contributed by atoms with Gasteiger partial charge in [-0.05, 0) is 114 Å². The fourth-order valence-corrected chi connectivity index (χ4v) is 14.1. The van der Waals surface area contributed by atoms with Gasteiger partial charge in [-0.3, -0.25) is 33.6 Å². The predicted molar refractivity (Wildman–Crippen MR) is 386 cm³/mol. The fourth-order valence-electron chi connectivity index (χ4n) is 13.7. The van der Waals surface area contributed by atoms with Crippen LogP contribution in [0, 0.1) is 0 Å². The quantitative estimate of drug-likeness (QED) is 0.0489. The number of phenolic OH excluding ortho intramolecular Hbond substituents is 5. The van der Waals surface area contributed by atoms with Crippen LogP contribution < -0.4 is 61.5 Å². The van der Waals surface area contributed by atoms with Crippen molar-refractivity contribution in [1.82, 2.24) is 42.5 Å². The first-order valence-corrected chi connectivity index (χ1v) is 35.8. The van der Waals surface area contributed by atoms with E-state index in [0.29, 0.717) is 18.4 Å². The molecule has 0 spiro atoms. The third-order valence-corrected chi connectivity index (χ3v) is 20.1. The van der Waals surface area contributed by atoms with Crippen molar-refractivity contribution in [2.24, 2.45) is 0 Å². The van der Waals surface area contributed by atoms with Crippen LogP contribution in [0.2, 0.25) is 10.0 Å². The first-order valence-electron chi connectivity index (χ1n) is 35.0. The molecule has 0 radical (unpaired) electrons. The van der Waals surface area contributed by atoms with Crippen molar-refractivity contribution < 1.29 is 118 Å². The largest absolute Gasteiger partial charge is 0.508 e. The highest BCUT2D eigenvalue weighted by atomic mass is 35.5. The van der Waals surface area contributed by atoms with E-state index >= 15 is 19.2 Å². The molecule has 1 saturated heterocycles. The maximum Gasteiger partial charge on any atom is 0.335 e. The fraction of sp³-hybridized carbons (Fsp3) is 0.329. The molecule has 13 atom stereocenters. The molecule has 14 rings (SSSR count). The van der Waals surface area contributed by atoms with Crippen molar-refractivity contribution in [2.75, 3.05) is 7.05 Å². The van der Waals surface area contributed by atoms with E-state index in [1.54, 1.807) is 0 Å². The molecule has 32 nitrogen and oxygen atoms in total. The first kappa shape index (κ1) is 77.9. The number of carboxylic acids is 2. The summed E-state index contributed by atoms with van der Waals surface area (Å²) in [5, 5.41) is 134. The number of amides is 7. The van der Waals surface area contributed by atoms with Gasteiger partial charge >= 0.3 is 11.9 Å². The lowest BCUT2D eigenvalue weighted by Crippen LogP contribution is -2.66. The number of nitrogens with one attached hydrogen (secondary N) is 8. The highest BCUT2D eigenvalue weighted by molar-refractivity contribution is 6.33. The van der Waals surface area contributed by atoms with Gasteiger partial charge in [0.05, 0.1) is 10.0 Å². The number of fused-ring (bicyclic) bond motifs is 14. The van der Waals surface area contributed by atoms with Crippen molar-refractivity contribution in [2.45, 2.75) is 150 Å². The van der Waals surface area contributed by atoms with E-state index in [9.17, 15) is 75.0 Å². The Balaban J connectivity index is 1.09. The molecular formula is C76H76Cl2N8O24. The molecule has 0 saturated carbocycles. The number of benzene rings is 7. The number of rotatable bonds is 15. The predicted octanol–water partition coefficient (Wildman–Crippen LogP) is 6.47. The first-order chi connectivity index (χ1) is 52.6. The number of carbonyl (C=O) groups excluding carboxylic acids is 7. The van der Waals surface area contributed by atoms with E-state index < -0.39 is 222 Å². The van der Waals surface area contributed by atoms with E-state index in [1.165, 1.54) is 49.5 Å². The van der Waals surface area contributed by atoms with Gasteiger partial charge in [-0.2, -0.15) is 0 Å². The molecule has 7 aliphatic heterocycles. The normalized spacial score (nSPS) is 23.8. The minimum absolute atomic E-state index is 0.116. The third kappa shape index (κ3) is 16.7. The number of hydrogen-bond acceptors (Lipinski definition) is 23. The van der Waals surface area contributed by atoms with Gasteiger partial charge in [0.1, 0.15) is 101 Å². The van der Waals surface area contributed by atoms with Gasteiger partial charge in [0, 0.05) is 47.2 Å². The molecule has 0 aliphatic carbocycles. The van der Waals surface area contributed by atoms with Crippen molar-refractivity contribution in [3.63, 3.8) is 0 Å². The van der Waals surface area contributed by atoms with Crippen LogP contribution in [0.5, 0.6) is 69.0 Å². The number of aliphatic carboxylic acids is 2. The molecule has 7 aromatic rings. The van der Waals surface area contributed by atoms with Crippen LogP contribution in [0.1, 0.15) is 140 Å². The molecule has 1 fully saturated rings. The average molecular weight is 1560 g/mol. The lowest BCUT2D eigenvalue weighted by atomic mass is 9.89. The van der Waals surface area contributed by atoms with Crippen LogP contribution in [0.25, 0.3) is 11.1 Å². The number of aromatic hydroxyl groups is 5. The number of carbonyl (C=O) groups is 9. The second kappa shape index (κ2) is 33.1. The minimum Gasteiger partial charge on any atom is -0.508 e. The summed E-state index contributed by atoms with van der Waals surface area (Å²) >= 11 is 14.1. The monoisotopic (exact) mass is 1550 g/mol. The highest BCUT2D eigenvalue weighted by Crippen LogP contribution is 2.50. The van der Waals surface area contributed by atoms with Crippen molar-refractivity contribution in [3.8, 4) is 80.1 Å². The SMILES string of the molecule is CCCCCCCCCCC(=O)N[C@H]1[C@H](Oc2c3cc4cc2Oc2ccc(cc2Cl)[C@@H](O)[C@@H]2NC(=O)[C@H](NC(=O)[C@@H]4NC(=O)[C@H]4NC(=O)[C@@H](Cc5ccc(cc5)O3)NC(=O)[C@H](NC)c3ccc(O)c(c3)Oc3cc(O)c(Cl)c4c3)c3ccc(O)c(c3)-c3c(O)cc(O)cc3[C@H](C(=O)O)NC2=O)O[C@H](C(=O)O)[C@@H](O)[C@@H]1O. The van der Waals surface area contributed by atoms with Gasteiger partial charge in [0.25, 0.3) is 0 Å². The number of phenols is 5. The zero-order valence-electron chi connectivity index (χ0n) is 58.5. The molecule has 7 amide bonds. The standard InChI is InChI=1S/C76H76Cl2N8O24/c1-3-4-5-6-7-8-9-10-11-53(92)81-62-64(94)65(95)67(75(104)105)110-76(62)109-66-51-26-36-27-52(66)108-49-21-16-35(24-43(49)77)63(93)61-73(101)85-60(74(102)103)41-28-37(87)29-47(90)54(41)40-23-33(14-19-45(40)88)57(70(98)86-61)82-71(99)58(36)83-72(100)59-42-30-39(31-48(91)55(42)78)107-50-25-34(15-20-46(50)89)56(79-2)69(97)80-44(68(96)84-59)22-32-12-17-38(106-51)18-13-32/h12-21,23-31,44,56-65,67,76,79,87-91,93-95H,3-11,22H2,1-2H3,(H,80,97)(H,81,92)(H,82,99)(H,83,100)(H,84,96)(H,85,101)(H,86,98)(H,102,103)(H,104,105)/t44-,56-,57-,58-,59+,60-,61+,62-,63-,64-,65+,67+,76-/m1/s1. The Morgan fingerprint density at radius 1 is 0.536 bits per heavy atom. The third-order valence-electron chi connectivity index (χ3n) is 19.4. The van der Waals surface area contributed by atoms with Crippen molar-refractivity contribution >= 4 is 76.5 Å². The van der Waals surface area contributed by atoms with Crippen LogP contribution >= 0.6 is 23.2 Å². The number of carboxylic acid groups (broad SMARTS) is 2. The van der Waals surface area contributed by atoms with E-state index in [0.717, 1.165) is 111 Å². The van der Waals surface area contributed by atoms with Gasteiger partial charge in [0.2, 0.25) is 53.4 Å². The molecular weight excluding hydrogens is 1480 g/mol. The van der Waals surface area contributed by atoms with Crippen LogP contribution in [0.15, 0.2) is 115 Å². The number of aliphatic hydroxyl groups excluding tert-OH is 3. The molecule has 578 valence electrons. The summed E-state index contributed by atoms with van der Waals surface area (Å²) in [6, 6.07) is 5.63. The second-order valence-electron chi connectivity index (χ2n) is 27.0. The van der Waals surface area contributed by atoms with E-state index in [4.69, 9.17) is 46.9 Å². The summed E-state index contributed by atoms with van der Waals surface area (Å²) in [7, 11) is 1.43. The lowest BCUT2D eigenvalue weighted by Gasteiger charge is -2.41. The summed E-state index contributed by atoms with van der Waals surface area (Å²) in [6.45, 7) is 2.10. The summed E-state index contributed by atoms with van der Waals surface area (Å²) in [5.74, 6) is -18.6. The summed E-state index contributed by atoms with van der Waals surface area (Å²) in [6.07, 6.45) is -4.71. The Labute approximate surface area is 635 Å². The topological polar surface area (TPSA) is 498 Å². The summed E-state index contributed by atoms with van der Waals surface area (Å²) < 4.78 is 32.1. The number of halogens is 2. The molecule has 0 unspecified atom stereocenters. The molecule has 7 aliphatic rings. The van der Waals surface area contributed by atoms with Gasteiger partial charge in [-0.15, -0.1) is 0 Å². The smallest absolute Gasteiger partial charge is 0.335 e. The van der Waals surface area contributed by atoms with E-state index in [2.05, 4.69) is 49.5 Å². The summed E-state index contributed by atoms with van der Waals surface area (Å²) in [5.41, 5.74) is -2.67. The zero-order valence-corrected chi connectivity index (χ0v) is 60.0. The Kier molecular flexibility index (Phi) is 23.4. The average Bonchev–Trinajstić information content (AvgIpc) is 0.780. The number of ether oxygens (including phenoxy) is 5. The van der Waals surface area contributed by atoms with Crippen molar-refractivity contribution in [1.29, 1.82) is 0 Å². The molecule has 18 N–H and O–H groups in total. The van der Waals surface area contributed by atoms with Crippen LogP contribution in [-0.2, 0) is 54.3 Å². The number of aliphatic hydroxyl groups is 3. The number of likely N-dealkylation sites (N-methyl/N-ethyl adjacent to an activating group) is 1. The van der Waals surface area contributed by atoms with Gasteiger partial charge in [-0.25, -0.2) is 9.59 Å². The van der Waals surface area contributed by atoms with Gasteiger partial charge < -0.3 is 117 Å². The van der Waals surface area contributed by atoms with Crippen LogP contribution in [0.3, 0.4) is 0 Å². The van der Waals surface area contributed by atoms with E-state index in [1.807, 2.05) is 0 Å². The maximum atomic E-state index is 16.4. The molecule has 17 bridgehead atoms. The molecule has 110 heavy (non-hydrogen) atoms. The minimum atomic E-state index is -2.38. The Bertz CT molecular complexity index is 4800. The maximum absolute atomic E-state index is 16.4. The molecule has 34 heteroatoms.